The molecule has 5 rings (SSSR count). The van der Waals surface area contributed by atoms with Crippen LogP contribution in [0.2, 0.25) is 5.04 Å². The van der Waals surface area contributed by atoms with Crippen LogP contribution in [0.3, 0.4) is 0 Å². The monoisotopic (exact) mass is 553 g/mol. The molecule has 1 heterocycles. The van der Waals surface area contributed by atoms with E-state index >= 15 is 0 Å². The van der Waals surface area contributed by atoms with E-state index in [1.54, 1.807) is 0 Å². The first-order valence-corrected chi connectivity index (χ1v) is 16.6. The molecule has 210 valence electrons. The molecule has 0 radical (unpaired) electrons. The Kier molecular flexibility index (Phi) is 8.74. The predicted molar refractivity (Wildman–Crippen MR) is 166 cm³/mol. The SMILES string of the molecule is Cc1ccc(-c2nc(COC3CCCC(CO[Si](c4ccccc4)(c4ccccc4)C(C)(C)C)C3)c(C)o2)cc1. The van der Waals surface area contributed by atoms with Gasteiger partial charge >= 0.3 is 0 Å². The van der Waals surface area contributed by atoms with Gasteiger partial charge in [-0.15, -0.1) is 0 Å². The molecule has 2 unspecified atom stereocenters. The molecule has 1 aliphatic rings. The van der Waals surface area contributed by atoms with Crippen LogP contribution in [-0.2, 0) is 15.8 Å². The molecule has 0 bridgehead atoms. The Hall–Kier alpha value is -2.99. The highest BCUT2D eigenvalue weighted by molar-refractivity contribution is 6.99. The summed E-state index contributed by atoms with van der Waals surface area (Å²) in [7, 11) is -2.53. The summed E-state index contributed by atoms with van der Waals surface area (Å²) in [5.41, 5.74) is 3.11. The zero-order valence-corrected chi connectivity index (χ0v) is 25.7. The van der Waals surface area contributed by atoms with Crippen LogP contribution in [0.15, 0.2) is 89.3 Å². The van der Waals surface area contributed by atoms with Crippen LogP contribution in [0.25, 0.3) is 11.5 Å². The van der Waals surface area contributed by atoms with Crippen molar-refractivity contribution in [3.63, 3.8) is 0 Å². The lowest BCUT2D eigenvalue weighted by Gasteiger charge is -2.44. The molecular weight excluding hydrogens is 510 g/mol. The highest BCUT2D eigenvalue weighted by Crippen LogP contribution is 2.38. The normalized spacial score (nSPS) is 18.1. The third-order valence-corrected chi connectivity index (χ3v) is 13.3. The predicted octanol–water partition coefficient (Wildman–Crippen LogP) is 7.61. The fourth-order valence-corrected chi connectivity index (χ4v) is 10.8. The summed E-state index contributed by atoms with van der Waals surface area (Å²) in [5.74, 6) is 1.97. The summed E-state index contributed by atoms with van der Waals surface area (Å²) in [6.45, 7) is 12.3. The van der Waals surface area contributed by atoms with E-state index in [1.807, 2.05) is 6.92 Å². The van der Waals surface area contributed by atoms with E-state index in [4.69, 9.17) is 18.6 Å². The van der Waals surface area contributed by atoms with Crippen molar-refractivity contribution in [2.75, 3.05) is 6.61 Å². The molecule has 3 aromatic carbocycles. The molecule has 0 amide bonds. The minimum atomic E-state index is -2.53. The summed E-state index contributed by atoms with van der Waals surface area (Å²) in [6, 6.07) is 30.1. The lowest BCUT2D eigenvalue weighted by molar-refractivity contribution is -0.00655. The maximum atomic E-state index is 7.25. The Balaban J connectivity index is 1.27. The van der Waals surface area contributed by atoms with Gasteiger partial charge in [-0.05, 0) is 66.6 Å². The van der Waals surface area contributed by atoms with Gasteiger partial charge in [-0.3, -0.25) is 0 Å². The number of oxazole rings is 1. The van der Waals surface area contributed by atoms with Gasteiger partial charge in [0.15, 0.2) is 0 Å². The van der Waals surface area contributed by atoms with Crippen LogP contribution in [-0.4, -0.2) is 26.0 Å². The van der Waals surface area contributed by atoms with Crippen molar-refractivity contribution in [3.8, 4) is 11.5 Å². The first kappa shape index (κ1) is 28.5. The van der Waals surface area contributed by atoms with Gasteiger partial charge in [-0.1, -0.05) is 106 Å². The lowest BCUT2D eigenvalue weighted by atomic mass is 9.88. The number of benzene rings is 3. The first-order valence-electron chi connectivity index (χ1n) is 14.7. The molecule has 1 aromatic heterocycles. The molecule has 40 heavy (non-hydrogen) atoms. The number of hydrogen-bond donors (Lipinski definition) is 0. The molecule has 2 atom stereocenters. The molecular formula is C35H43NO3Si. The van der Waals surface area contributed by atoms with Crippen LogP contribution >= 0.6 is 0 Å². The van der Waals surface area contributed by atoms with Crippen molar-refractivity contribution >= 4 is 18.7 Å². The molecule has 0 saturated heterocycles. The first-order chi connectivity index (χ1) is 19.3. The minimum absolute atomic E-state index is 0.0140. The average molecular weight is 554 g/mol. The summed E-state index contributed by atoms with van der Waals surface area (Å²) in [4.78, 5) is 4.77. The standard InChI is InChI=1S/C35H43NO3Si/c1-26-19-21-29(22-20-26)34-36-33(27(2)39-34)25-37-30-14-12-13-28(23-30)24-38-40(35(3,4)5,31-15-8-6-9-16-31)32-17-10-7-11-18-32/h6-11,15-22,28,30H,12-14,23-25H2,1-5H3. The summed E-state index contributed by atoms with van der Waals surface area (Å²) in [6.07, 6.45) is 4.64. The van der Waals surface area contributed by atoms with E-state index in [0.29, 0.717) is 18.4 Å². The van der Waals surface area contributed by atoms with Gasteiger partial charge in [0.1, 0.15) is 11.5 Å². The molecule has 4 nitrogen and oxygen atoms in total. The van der Waals surface area contributed by atoms with Crippen LogP contribution in [0.1, 0.15) is 63.5 Å². The summed E-state index contributed by atoms with van der Waals surface area (Å²) < 4.78 is 19.7. The number of aromatic nitrogens is 1. The van der Waals surface area contributed by atoms with E-state index in [9.17, 15) is 0 Å². The molecule has 4 aromatic rings. The number of ether oxygens (including phenoxy) is 1. The molecule has 0 spiro atoms. The Labute approximate surface area is 240 Å². The number of aryl methyl sites for hydroxylation is 2. The van der Waals surface area contributed by atoms with Crippen LogP contribution in [0, 0.1) is 19.8 Å². The largest absolute Gasteiger partial charge is 0.441 e. The van der Waals surface area contributed by atoms with Crippen molar-refractivity contribution in [2.45, 2.75) is 78.1 Å². The van der Waals surface area contributed by atoms with Crippen molar-refractivity contribution in [3.05, 3.63) is 102 Å². The third kappa shape index (κ3) is 6.17. The van der Waals surface area contributed by atoms with Gasteiger partial charge in [-0.2, -0.15) is 0 Å². The maximum Gasteiger partial charge on any atom is 0.261 e. The van der Waals surface area contributed by atoms with Crippen molar-refractivity contribution in [1.82, 2.24) is 4.98 Å². The molecule has 0 aliphatic heterocycles. The van der Waals surface area contributed by atoms with E-state index in [0.717, 1.165) is 42.9 Å². The van der Waals surface area contributed by atoms with Crippen molar-refractivity contribution < 1.29 is 13.6 Å². The van der Waals surface area contributed by atoms with Crippen molar-refractivity contribution in [2.24, 2.45) is 5.92 Å². The van der Waals surface area contributed by atoms with Crippen LogP contribution in [0.4, 0.5) is 0 Å². The Morgan fingerprint density at radius 3 is 2.08 bits per heavy atom. The smallest absolute Gasteiger partial charge is 0.261 e. The van der Waals surface area contributed by atoms with Gasteiger partial charge in [0.2, 0.25) is 5.89 Å². The van der Waals surface area contributed by atoms with E-state index in [2.05, 4.69) is 113 Å². The average Bonchev–Trinajstić information content (AvgIpc) is 3.33. The van der Waals surface area contributed by atoms with Crippen LogP contribution < -0.4 is 10.4 Å². The second-order valence-electron chi connectivity index (χ2n) is 12.3. The highest BCUT2D eigenvalue weighted by Gasteiger charge is 2.50. The molecule has 5 heteroatoms. The molecule has 1 aliphatic carbocycles. The Bertz CT molecular complexity index is 1320. The fourth-order valence-electron chi connectivity index (χ4n) is 6.13. The lowest BCUT2D eigenvalue weighted by Crippen LogP contribution is -2.67. The molecule has 1 saturated carbocycles. The van der Waals surface area contributed by atoms with E-state index < -0.39 is 8.32 Å². The van der Waals surface area contributed by atoms with E-state index in [1.165, 1.54) is 22.4 Å². The van der Waals surface area contributed by atoms with Gasteiger partial charge in [0, 0.05) is 12.2 Å². The van der Waals surface area contributed by atoms with E-state index in [-0.39, 0.29) is 11.1 Å². The zero-order chi connectivity index (χ0) is 28.2. The van der Waals surface area contributed by atoms with Crippen molar-refractivity contribution in [1.29, 1.82) is 0 Å². The minimum Gasteiger partial charge on any atom is -0.441 e. The number of rotatable bonds is 9. The quantitative estimate of drug-likeness (QED) is 0.200. The van der Waals surface area contributed by atoms with Crippen LogP contribution in [0.5, 0.6) is 0 Å². The maximum absolute atomic E-state index is 7.25. The Morgan fingerprint density at radius 1 is 0.850 bits per heavy atom. The molecule has 1 fully saturated rings. The number of nitrogens with zero attached hydrogens (tertiary/aromatic N) is 1. The van der Waals surface area contributed by atoms with Gasteiger partial charge in [0.25, 0.3) is 8.32 Å². The zero-order valence-electron chi connectivity index (χ0n) is 24.7. The van der Waals surface area contributed by atoms with Gasteiger partial charge < -0.3 is 13.6 Å². The summed E-state index contributed by atoms with van der Waals surface area (Å²) >= 11 is 0. The number of hydrogen-bond acceptors (Lipinski definition) is 4. The fraction of sp³-hybridized carbons (Fsp3) is 0.400. The topological polar surface area (TPSA) is 44.5 Å². The van der Waals surface area contributed by atoms with Gasteiger partial charge in [0.05, 0.1) is 12.7 Å². The second kappa shape index (κ2) is 12.3. The Morgan fingerprint density at radius 2 is 1.48 bits per heavy atom. The second-order valence-corrected chi connectivity index (χ2v) is 16.6. The summed E-state index contributed by atoms with van der Waals surface area (Å²) in [5, 5.41) is 2.66. The third-order valence-electron chi connectivity index (χ3n) is 8.33. The van der Waals surface area contributed by atoms with Gasteiger partial charge in [-0.25, -0.2) is 4.98 Å². The molecule has 0 N–H and O–H groups in total. The highest BCUT2D eigenvalue weighted by atomic mass is 28.4.